The van der Waals surface area contributed by atoms with Gasteiger partial charge in [-0.15, -0.1) is 0 Å². The van der Waals surface area contributed by atoms with Gasteiger partial charge >= 0.3 is 0 Å². The quantitative estimate of drug-likeness (QED) is 0.552. The van der Waals surface area contributed by atoms with Crippen molar-refractivity contribution in [2.75, 3.05) is 63.7 Å². The van der Waals surface area contributed by atoms with Crippen molar-refractivity contribution in [2.24, 2.45) is 0 Å². The lowest BCUT2D eigenvalue weighted by Gasteiger charge is -2.23. The van der Waals surface area contributed by atoms with Crippen molar-refractivity contribution < 1.29 is 19.3 Å². The molecule has 1 aliphatic rings. The molecule has 1 unspecified atom stereocenters. The standard InChI is InChI=1S/C24H34N4O2/c1-4-27(17-21-7-11-23(12-8-21)26(2)3)19-24(29)25-22-9-5-20(6-10-22)18-28-13-15-30-16-14-28/h5-12H,4,13-19H2,1-3H3,(H,25,29)/p+2. The van der Waals surface area contributed by atoms with E-state index in [9.17, 15) is 4.79 Å². The summed E-state index contributed by atoms with van der Waals surface area (Å²) in [7, 11) is 4.08. The van der Waals surface area contributed by atoms with E-state index >= 15 is 0 Å². The maximum absolute atomic E-state index is 12.6. The minimum absolute atomic E-state index is 0.0586. The Bertz CT molecular complexity index is 784. The van der Waals surface area contributed by atoms with Gasteiger partial charge in [0, 0.05) is 36.6 Å². The molecular formula is C24H36N4O2+2. The molecule has 0 aromatic heterocycles. The predicted molar refractivity (Wildman–Crippen MR) is 121 cm³/mol. The zero-order valence-electron chi connectivity index (χ0n) is 18.5. The zero-order valence-corrected chi connectivity index (χ0v) is 18.5. The van der Waals surface area contributed by atoms with E-state index in [1.54, 1.807) is 4.90 Å². The Labute approximate surface area is 180 Å². The molecule has 1 fully saturated rings. The van der Waals surface area contributed by atoms with Crippen LogP contribution in [0.4, 0.5) is 11.4 Å². The summed E-state index contributed by atoms with van der Waals surface area (Å²) in [5, 5.41) is 3.05. The molecule has 1 atom stereocenters. The number of quaternary nitrogens is 2. The molecule has 30 heavy (non-hydrogen) atoms. The fourth-order valence-electron chi connectivity index (χ4n) is 3.78. The van der Waals surface area contributed by atoms with Crippen molar-refractivity contribution in [2.45, 2.75) is 20.0 Å². The normalized spacial score (nSPS) is 15.6. The average molecular weight is 413 g/mol. The largest absolute Gasteiger partial charge is 0.378 e. The number of anilines is 2. The Hall–Kier alpha value is -2.41. The fraction of sp³-hybridized carbons (Fsp3) is 0.458. The minimum Gasteiger partial charge on any atom is -0.378 e. The van der Waals surface area contributed by atoms with Gasteiger partial charge in [-0.05, 0) is 31.2 Å². The number of morpholine rings is 1. The summed E-state index contributed by atoms with van der Waals surface area (Å²) in [5.41, 5.74) is 4.60. The Balaban J connectivity index is 1.48. The molecule has 6 nitrogen and oxygen atoms in total. The molecule has 3 N–H and O–H groups in total. The topological polar surface area (TPSA) is 50.4 Å². The van der Waals surface area contributed by atoms with E-state index in [2.05, 4.69) is 53.5 Å². The number of carbonyl (C=O) groups is 1. The first kappa shape index (κ1) is 22.3. The number of nitrogens with zero attached hydrogens (tertiary/aromatic N) is 1. The number of amides is 1. The summed E-state index contributed by atoms with van der Waals surface area (Å²) < 4.78 is 5.42. The third-order valence-electron chi connectivity index (χ3n) is 5.71. The van der Waals surface area contributed by atoms with Crippen molar-refractivity contribution >= 4 is 17.3 Å². The van der Waals surface area contributed by atoms with E-state index < -0.39 is 0 Å². The highest BCUT2D eigenvalue weighted by Crippen LogP contribution is 2.11. The second-order valence-electron chi connectivity index (χ2n) is 8.30. The highest BCUT2D eigenvalue weighted by molar-refractivity contribution is 5.91. The van der Waals surface area contributed by atoms with Gasteiger partial charge in [-0.1, -0.05) is 24.3 Å². The van der Waals surface area contributed by atoms with Crippen LogP contribution < -0.4 is 20.0 Å². The number of likely N-dealkylation sites (N-methyl/N-ethyl adjacent to an activating group) is 1. The molecule has 162 valence electrons. The SMILES string of the molecule is CC[NH+](CC(=O)Nc1ccc(C[NH+]2CCOCC2)cc1)Cc1ccc(N(C)C)cc1. The number of hydrogen-bond acceptors (Lipinski definition) is 3. The zero-order chi connectivity index (χ0) is 21.3. The second kappa shape index (κ2) is 11.1. The van der Waals surface area contributed by atoms with Crippen LogP contribution in [-0.4, -0.2) is 59.4 Å². The smallest absolute Gasteiger partial charge is 0.279 e. The Morgan fingerprint density at radius 1 is 1.03 bits per heavy atom. The molecule has 1 heterocycles. The fourth-order valence-corrected chi connectivity index (χ4v) is 3.78. The van der Waals surface area contributed by atoms with Gasteiger partial charge in [0.05, 0.1) is 19.8 Å². The van der Waals surface area contributed by atoms with Crippen LogP contribution in [0.15, 0.2) is 48.5 Å². The van der Waals surface area contributed by atoms with Crippen LogP contribution in [0, 0.1) is 0 Å². The van der Waals surface area contributed by atoms with Crippen molar-refractivity contribution in [1.82, 2.24) is 0 Å². The summed E-state index contributed by atoms with van der Waals surface area (Å²) in [4.78, 5) is 17.5. The molecule has 0 bridgehead atoms. The number of carbonyl (C=O) groups excluding carboxylic acids is 1. The van der Waals surface area contributed by atoms with Crippen LogP contribution in [0.2, 0.25) is 0 Å². The van der Waals surface area contributed by atoms with Crippen molar-refractivity contribution in [3.05, 3.63) is 59.7 Å². The third kappa shape index (κ3) is 6.83. The van der Waals surface area contributed by atoms with Crippen LogP contribution in [-0.2, 0) is 22.6 Å². The summed E-state index contributed by atoms with van der Waals surface area (Å²) in [6.45, 7) is 9.17. The summed E-state index contributed by atoms with van der Waals surface area (Å²) >= 11 is 0. The molecule has 3 rings (SSSR count). The summed E-state index contributed by atoms with van der Waals surface area (Å²) in [6, 6.07) is 16.8. The lowest BCUT2D eigenvalue weighted by molar-refractivity contribution is -0.921. The number of hydrogen-bond donors (Lipinski definition) is 3. The minimum atomic E-state index is 0.0586. The van der Waals surface area contributed by atoms with Crippen molar-refractivity contribution in [1.29, 1.82) is 0 Å². The van der Waals surface area contributed by atoms with E-state index in [0.29, 0.717) is 6.54 Å². The molecule has 0 saturated carbocycles. The average Bonchev–Trinajstić information content (AvgIpc) is 2.75. The van der Waals surface area contributed by atoms with Gasteiger partial charge in [0.1, 0.15) is 26.2 Å². The van der Waals surface area contributed by atoms with Crippen molar-refractivity contribution in [3.8, 4) is 0 Å². The lowest BCUT2D eigenvalue weighted by atomic mass is 10.1. The molecule has 2 aromatic carbocycles. The summed E-state index contributed by atoms with van der Waals surface area (Å²) in [6.07, 6.45) is 0. The maximum Gasteiger partial charge on any atom is 0.279 e. The van der Waals surface area contributed by atoms with Crippen LogP contribution in [0.25, 0.3) is 0 Å². The molecule has 6 heteroatoms. The van der Waals surface area contributed by atoms with Gasteiger partial charge in [0.15, 0.2) is 6.54 Å². The van der Waals surface area contributed by atoms with E-state index in [-0.39, 0.29) is 5.91 Å². The van der Waals surface area contributed by atoms with Gasteiger partial charge in [0.25, 0.3) is 5.91 Å². The van der Waals surface area contributed by atoms with Crippen molar-refractivity contribution in [3.63, 3.8) is 0 Å². The highest BCUT2D eigenvalue weighted by atomic mass is 16.5. The highest BCUT2D eigenvalue weighted by Gasteiger charge is 2.15. The lowest BCUT2D eigenvalue weighted by Crippen LogP contribution is -3.12. The number of ether oxygens (including phenoxy) is 1. The Kier molecular flexibility index (Phi) is 8.25. The first-order valence-electron chi connectivity index (χ1n) is 10.9. The predicted octanol–water partition coefficient (Wildman–Crippen LogP) is 0.211. The maximum atomic E-state index is 12.6. The van der Waals surface area contributed by atoms with Crippen LogP contribution >= 0.6 is 0 Å². The van der Waals surface area contributed by atoms with Crippen LogP contribution in [0.1, 0.15) is 18.1 Å². The Morgan fingerprint density at radius 3 is 2.27 bits per heavy atom. The molecule has 0 radical (unpaired) electrons. The third-order valence-corrected chi connectivity index (χ3v) is 5.71. The van der Waals surface area contributed by atoms with Gasteiger partial charge in [0.2, 0.25) is 0 Å². The van der Waals surface area contributed by atoms with E-state index in [1.165, 1.54) is 21.7 Å². The number of nitrogens with one attached hydrogen (secondary N) is 3. The van der Waals surface area contributed by atoms with E-state index in [1.807, 2.05) is 26.2 Å². The van der Waals surface area contributed by atoms with Gasteiger partial charge in [-0.3, -0.25) is 4.79 Å². The van der Waals surface area contributed by atoms with Gasteiger partial charge < -0.3 is 24.8 Å². The molecule has 0 spiro atoms. The second-order valence-corrected chi connectivity index (χ2v) is 8.30. The first-order valence-corrected chi connectivity index (χ1v) is 10.9. The van der Waals surface area contributed by atoms with Crippen LogP contribution in [0.3, 0.4) is 0 Å². The van der Waals surface area contributed by atoms with Crippen LogP contribution in [0.5, 0.6) is 0 Å². The summed E-state index contributed by atoms with van der Waals surface area (Å²) in [5.74, 6) is 0.0586. The molecule has 1 amide bonds. The molecular weight excluding hydrogens is 376 g/mol. The van der Waals surface area contributed by atoms with E-state index in [0.717, 1.165) is 51.6 Å². The molecule has 1 saturated heterocycles. The van der Waals surface area contributed by atoms with E-state index in [4.69, 9.17) is 4.74 Å². The molecule has 1 aliphatic heterocycles. The van der Waals surface area contributed by atoms with Gasteiger partial charge in [-0.25, -0.2) is 0 Å². The number of benzene rings is 2. The molecule has 0 aliphatic carbocycles. The van der Waals surface area contributed by atoms with Gasteiger partial charge in [-0.2, -0.15) is 0 Å². The molecule has 2 aromatic rings. The number of rotatable bonds is 9. The monoisotopic (exact) mass is 412 g/mol. The Morgan fingerprint density at radius 2 is 1.67 bits per heavy atom. The first-order chi connectivity index (χ1) is 14.5.